The van der Waals surface area contributed by atoms with Crippen molar-refractivity contribution in [3.63, 3.8) is 0 Å². The van der Waals surface area contributed by atoms with Crippen LogP contribution >= 0.6 is 0 Å². The van der Waals surface area contributed by atoms with Crippen molar-refractivity contribution in [2.75, 3.05) is 33.1 Å². The van der Waals surface area contributed by atoms with Gasteiger partial charge in [0.1, 0.15) is 11.5 Å². The molecule has 2 N–H and O–H groups in total. The van der Waals surface area contributed by atoms with Crippen molar-refractivity contribution < 1.29 is 18.7 Å². The van der Waals surface area contributed by atoms with Crippen LogP contribution in [0.25, 0.3) is 0 Å². The van der Waals surface area contributed by atoms with Crippen LogP contribution in [0.5, 0.6) is 5.75 Å². The normalized spacial score (nSPS) is 11.8. The number of likely N-dealkylation sites (N-methyl/N-ethyl adjacent to an activating group) is 1. The number of ether oxygens (including phenoxy) is 1. The van der Waals surface area contributed by atoms with Gasteiger partial charge in [-0.3, -0.25) is 14.5 Å². The predicted octanol–water partition coefficient (Wildman–Crippen LogP) is 1.65. The number of para-hydroxylation sites is 2. The van der Waals surface area contributed by atoms with Gasteiger partial charge in [0.25, 0.3) is 0 Å². The summed E-state index contributed by atoms with van der Waals surface area (Å²) in [5.74, 6) is -0.276. The second kappa shape index (κ2) is 8.16. The molecular weight excluding hydrogens is 310 g/mol. The van der Waals surface area contributed by atoms with E-state index in [1.807, 2.05) is 25.1 Å². The van der Waals surface area contributed by atoms with Crippen LogP contribution in [0.4, 0.5) is 5.69 Å². The molecule has 1 unspecified atom stereocenters. The first-order chi connectivity index (χ1) is 11.5. The van der Waals surface area contributed by atoms with Crippen LogP contribution in [0.2, 0.25) is 0 Å². The average molecular weight is 331 g/mol. The molecular formula is C17H21N3O4. The van der Waals surface area contributed by atoms with Crippen molar-refractivity contribution in [1.29, 1.82) is 0 Å². The molecule has 0 fully saturated rings. The van der Waals surface area contributed by atoms with Crippen LogP contribution in [0.3, 0.4) is 0 Å². The lowest BCUT2D eigenvalue weighted by Crippen LogP contribution is -2.40. The Bertz CT molecular complexity index is 683. The van der Waals surface area contributed by atoms with Crippen molar-refractivity contribution in [1.82, 2.24) is 10.2 Å². The summed E-state index contributed by atoms with van der Waals surface area (Å²) in [6.45, 7) is 0.249. The Morgan fingerprint density at radius 3 is 2.54 bits per heavy atom. The van der Waals surface area contributed by atoms with Gasteiger partial charge < -0.3 is 19.8 Å². The molecule has 0 aliphatic heterocycles. The van der Waals surface area contributed by atoms with Gasteiger partial charge in [-0.25, -0.2) is 0 Å². The van der Waals surface area contributed by atoms with Gasteiger partial charge in [0.15, 0.2) is 0 Å². The minimum absolute atomic E-state index is 0.164. The maximum absolute atomic E-state index is 12.0. The molecule has 1 aromatic carbocycles. The highest BCUT2D eigenvalue weighted by molar-refractivity contribution is 6.39. The lowest BCUT2D eigenvalue weighted by Gasteiger charge is -2.22. The minimum atomic E-state index is -0.753. The average Bonchev–Trinajstić information content (AvgIpc) is 3.09. The SMILES string of the molecule is COc1ccccc1NC(=O)C(=O)NCC(c1ccco1)N(C)C. The molecule has 0 spiro atoms. The van der Waals surface area contributed by atoms with Crippen molar-refractivity contribution in [3.05, 3.63) is 48.4 Å². The summed E-state index contributed by atoms with van der Waals surface area (Å²) < 4.78 is 10.5. The molecule has 0 radical (unpaired) electrons. The van der Waals surface area contributed by atoms with E-state index in [1.165, 1.54) is 7.11 Å². The first-order valence-corrected chi connectivity index (χ1v) is 7.45. The third-order valence-corrected chi connectivity index (χ3v) is 3.51. The van der Waals surface area contributed by atoms with E-state index in [-0.39, 0.29) is 12.6 Å². The number of amides is 2. The van der Waals surface area contributed by atoms with Crippen molar-refractivity contribution in [2.45, 2.75) is 6.04 Å². The zero-order valence-corrected chi connectivity index (χ0v) is 13.9. The Kier molecular flexibility index (Phi) is 5.97. The van der Waals surface area contributed by atoms with Crippen LogP contribution < -0.4 is 15.4 Å². The molecule has 128 valence electrons. The van der Waals surface area contributed by atoms with Gasteiger partial charge in [0, 0.05) is 6.54 Å². The number of carbonyl (C=O) groups is 2. The van der Waals surface area contributed by atoms with Crippen LogP contribution in [0, 0.1) is 0 Å². The second-order valence-corrected chi connectivity index (χ2v) is 5.36. The maximum atomic E-state index is 12.0. The van der Waals surface area contributed by atoms with E-state index >= 15 is 0 Å². The summed E-state index contributed by atoms with van der Waals surface area (Å²) in [6.07, 6.45) is 1.57. The van der Waals surface area contributed by atoms with Gasteiger partial charge in [-0.2, -0.15) is 0 Å². The number of hydrogen-bond acceptors (Lipinski definition) is 5. The van der Waals surface area contributed by atoms with Gasteiger partial charge in [-0.15, -0.1) is 0 Å². The quantitative estimate of drug-likeness (QED) is 0.786. The molecule has 0 saturated heterocycles. The van der Waals surface area contributed by atoms with Gasteiger partial charge >= 0.3 is 11.8 Å². The molecule has 0 bridgehead atoms. The van der Waals surface area contributed by atoms with E-state index in [0.717, 1.165) is 0 Å². The van der Waals surface area contributed by atoms with Crippen LogP contribution in [0.15, 0.2) is 47.1 Å². The lowest BCUT2D eigenvalue weighted by atomic mass is 10.2. The van der Waals surface area contributed by atoms with Crippen LogP contribution in [0.1, 0.15) is 11.8 Å². The van der Waals surface area contributed by atoms with E-state index in [0.29, 0.717) is 17.2 Å². The highest BCUT2D eigenvalue weighted by Crippen LogP contribution is 2.22. The summed E-state index contributed by atoms with van der Waals surface area (Å²) in [5.41, 5.74) is 0.440. The topological polar surface area (TPSA) is 83.8 Å². The Morgan fingerprint density at radius 1 is 1.17 bits per heavy atom. The molecule has 0 aliphatic rings. The fraction of sp³-hybridized carbons (Fsp3) is 0.294. The smallest absolute Gasteiger partial charge is 0.313 e. The van der Waals surface area contributed by atoms with Gasteiger partial charge in [0.05, 0.1) is 25.1 Å². The molecule has 1 heterocycles. The van der Waals surface area contributed by atoms with Gasteiger partial charge in [-0.05, 0) is 38.4 Å². The Balaban J connectivity index is 1.95. The summed E-state index contributed by atoms with van der Waals surface area (Å²) >= 11 is 0. The van der Waals surface area contributed by atoms with Gasteiger partial charge in [0.2, 0.25) is 0 Å². The maximum Gasteiger partial charge on any atom is 0.313 e. The second-order valence-electron chi connectivity index (χ2n) is 5.36. The van der Waals surface area contributed by atoms with E-state index < -0.39 is 11.8 Å². The number of nitrogens with zero attached hydrogens (tertiary/aromatic N) is 1. The Hall–Kier alpha value is -2.80. The number of methoxy groups -OCH3 is 1. The van der Waals surface area contributed by atoms with Crippen molar-refractivity contribution in [3.8, 4) is 5.75 Å². The molecule has 2 amide bonds. The van der Waals surface area contributed by atoms with E-state index in [9.17, 15) is 9.59 Å². The first-order valence-electron chi connectivity index (χ1n) is 7.45. The zero-order chi connectivity index (χ0) is 17.5. The van der Waals surface area contributed by atoms with E-state index in [1.54, 1.807) is 36.6 Å². The number of anilines is 1. The van der Waals surface area contributed by atoms with E-state index in [2.05, 4.69) is 10.6 Å². The lowest BCUT2D eigenvalue weighted by molar-refractivity contribution is -0.136. The molecule has 2 rings (SSSR count). The molecule has 24 heavy (non-hydrogen) atoms. The summed E-state index contributed by atoms with van der Waals surface area (Å²) in [5, 5.41) is 5.15. The van der Waals surface area contributed by atoms with E-state index in [4.69, 9.17) is 9.15 Å². The fourth-order valence-corrected chi connectivity index (χ4v) is 2.22. The molecule has 1 aromatic heterocycles. The van der Waals surface area contributed by atoms with Crippen molar-refractivity contribution in [2.24, 2.45) is 0 Å². The van der Waals surface area contributed by atoms with Crippen LogP contribution in [-0.4, -0.2) is 44.5 Å². The number of hydrogen-bond donors (Lipinski definition) is 2. The summed E-state index contributed by atoms with van der Waals surface area (Å²) in [4.78, 5) is 26.0. The Morgan fingerprint density at radius 2 is 1.92 bits per heavy atom. The molecule has 1 atom stereocenters. The minimum Gasteiger partial charge on any atom is -0.495 e. The monoisotopic (exact) mass is 331 g/mol. The highest BCUT2D eigenvalue weighted by atomic mass is 16.5. The number of nitrogens with one attached hydrogen (secondary N) is 2. The third-order valence-electron chi connectivity index (χ3n) is 3.51. The van der Waals surface area contributed by atoms with Crippen LogP contribution in [-0.2, 0) is 9.59 Å². The number of rotatable bonds is 6. The van der Waals surface area contributed by atoms with Crippen molar-refractivity contribution >= 4 is 17.5 Å². The Labute approximate surface area is 140 Å². The third kappa shape index (κ3) is 4.36. The standard InChI is InChI=1S/C17H21N3O4/c1-20(2)13(15-9-6-10-24-15)11-18-16(21)17(22)19-12-7-4-5-8-14(12)23-3/h4-10,13H,11H2,1-3H3,(H,18,21)(H,19,22). The molecule has 7 nitrogen and oxygen atoms in total. The first kappa shape index (κ1) is 17.6. The molecule has 0 saturated carbocycles. The fourth-order valence-electron chi connectivity index (χ4n) is 2.22. The summed E-state index contributed by atoms with van der Waals surface area (Å²) in [7, 11) is 5.23. The zero-order valence-electron chi connectivity index (χ0n) is 13.9. The molecule has 2 aromatic rings. The molecule has 0 aliphatic carbocycles. The number of furan rings is 1. The predicted molar refractivity (Wildman–Crippen MR) is 89.8 cm³/mol. The largest absolute Gasteiger partial charge is 0.495 e. The molecule has 7 heteroatoms. The highest BCUT2D eigenvalue weighted by Gasteiger charge is 2.21. The number of benzene rings is 1. The number of carbonyl (C=O) groups excluding carboxylic acids is 2. The van der Waals surface area contributed by atoms with Gasteiger partial charge in [-0.1, -0.05) is 12.1 Å². The summed E-state index contributed by atoms with van der Waals surface area (Å²) in [6, 6.07) is 10.3.